The molecule has 0 bridgehead atoms. The number of hydrogen-bond donors (Lipinski definition) is 1. The van der Waals surface area contributed by atoms with Gasteiger partial charge in [-0.05, 0) is 25.5 Å². The Hall–Kier alpha value is -3.84. The van der Waals surface area contributed by atoms with Gasteiger partial charge in [0.15, 0.2) is 11.6 Å². The molecule has 3 fully saturated rings. The Morgan fingerprint density at radius 3 is 2.55 bits per heavy atom. The number of pyridine rings is 1. The number of halogens is 2. The number of cyclic esters (lactones) is 1. The zero-order chi connectivity index (χ0) is 28.2. The van der Waals surface area contributed by atoms with E-state index in [-0.39, 0.29) is 62.2 Å². The lowest BCUT2D eigenvalue weighted by atomic mass is 10.1. The lowest BCUT2D eigenvalue weighted by Gasteiger charge is -2.30. The third-order valence-electron chi connectivity index (χ3n) is 7.17. The van der Waals surface area contributed by atoms with Gasteiger partial charge in [-0.15, -0.1) is 0 Å². The predicted molar refractivity (Wildman–Crippen MR) is 142 cm³/mol. The number of rotatable bonds is 7. The lowest BCUT2D eigenvalue weighted by molar-refractivity contribution is -0.117. The van der Waals surface area contributed by atoms with Crippen molar-refractivity contribution < 1.29 is 32.6 Å². The molecule has 3 aliphatic rings. The molecule has 1 aromatic heterocycles. The monoisotopic (exact) mass is 558 g/mol. The summed E-state index contributed by atoms with van der Waals surface area (Å²) in [6.07, 6.45) is 1.02. The Balaban J connectivity index is 1.27. The van der Waals surface area contributed by atoms with Crippen molar-refractivity contribution in [3.05, 3.63) is 47.7 Å². The fraction of sp³-hybridized carbons (Fsp3) is 0.481. The standard InChI is InChI=1S/C27H32F2N6O5/c1-18(36)4-5-20-17-34(27(38)40-20)19-15-22(28)24(23(29)16-19)32-8-7-31-35(10-9-32)26(37)21-3-2-6-30-25(21)33-11-13-39-14-12-33/h2-3,6,15-16,20,31H,4-5,7-14,17H2,1H3/t20-/m0/s1. The minimum atomic E-state index is -0.823. The summed E-state index contributed by atoms with van der Waals surface area (Å²) in [6.45, 7) is 4.79. The second kappa shape index (κ2) is 12.1. The Bertz CT molecular complexity index is 1250. The highest BCUT2D eigenvalue weighted by atomic mass is 19.1. The van der Waals surface area contributed by atoms with Crippen molar-refractivity contribution in [2.24, 2.45) is 0 Å². The third kappa shape index (κ3) is 5.99. The van der Waals surface area contributed by atoms with Crippen molar-refractivity contribution in [1.82, 2.24) is 15.4 Å². The average molecular weight is 559 g/mol. The average Bonchev–Trinajstić information content (AvgIpc) is 3.16. The molecule has 0 spiro atoms. The molecular formula is C27H32F2N6O5. The number of anilines is 3. The van der Waals surface area contributed by atoms with Crippen molar-refractivity contribution in [2.45, 2.75) is 25.9 Å². The first kappa shape index (κ1) is 27.7. The molecule has 0 unspecified atom stereocenters. The summed E-state index contributed by atoms with van der Waals surface area (Å²) in [6, 6.07) is 5.64. The fourth-order valence-corrected chi connectivity index (χ4v) is 5.12. The summed E-state index contributed by atoms with van der Waals surface area (Å²) in [4.78, 5) is 46.2. The van der Waals surface area contributed by atoms with E-state index in [1.54, 1.807) is 23.2 Å². The van der Waals surface area contributed by atoms with Crippen LogP contribution in [-0.2, 0) is 14.3 Å². The van der Waals surface area contributed by atoms with Gasteiger partial charge in [-0.3, -0.25) is 14.7 Å². The first-order valence-corrected chi connectivity index (χ1v) is 13.4. The maximum Gasteiger partial charge on any atom is 0.414 e. The second-order valence-corrected chi connectivity index (χ2v) is 9.94. The number of morpholine rings is 1. The van der Waals surface area contributed by atoms with E-state index in [1.165, 1.54) is 16.8 Å². The van der Waals surface area contributed by atoms with Gasteiger partial charge in [0.25, 0.3) is 5.91 Å². The SMILES string of the molecule is CC(=O)CC[C@H]1CN(c2cc(F)c(N3CCNN(C(=O)c4cccnc4N4CCOCC4)CC3)c(F)c2)C(=O)O1. The number of ketones is 1. The first-order chi connectivity index (χ1) is 19.3. The number of Topliss-reactive ketones (excluding diaryl/α,β-unsaturated/α-hetero) is 1. The topological polar surface area (TPSA) is 108 Å². The number of benzene rings is 1. The molecule has 2 amide bonds. The quantitative estimate of drug-likeness (QED) is 0.548. The molecule has 1 aromatic carbocycles. The number of aromatic nitrogens is 1. The number of nitrogens with zero attached hydrogens (tertiary/aromatic N) is 5. The van der Waals surface area contributed by atoms with E-state index in [0.717, 1.165) is 12.1 Å². The van der Waals surface area contributed by atoms with Crippen molar-refractivity contribution in [3.8, 4) is 0 Å². The molecule has 13 heteroatoms. The molecule has 1 atom stereocenters. The van der Waals surface area contributed by atoms with Crippen LogP contribution in [0.4, 0.5) is 30.8 Å². The number of nitrogens with one attached hydrogen (secondary N) is 1. The van der Waals surface area contributed by atoms with Crippen LogP contribution in [0.5, 0.6) is 0 Å². The molecule has 5 rings (SSSR count). The molecule has 0 saturated carbocycles. The van der Waals surface area contributed by atoms with E-state index in [0.29, 0.717) is 44.1 Å². The predicted octanol–water partition coefficient (Wildman–Crippen LogP) is 2.36. The van der Waals surface area contributed by atoms with Crippen molar-refractivity contribution >= 4 is 35.0 Å². The highest BCUT2D eigenvalue weighted by Crippen LogP contribution is 2.32. The molecule has 11 nitrogen and oxygen atoms in total. The summed E-state index contributed by atoms with van der Waals surface area (Å²) in [5, 5.41) is 1.45. The molecule has 40 heavy (non-hydrogen) atoms. The van der Waals surface area contributed by atoms with Gasteiger partial charge in [-0.25, -0.2) is 24.0 Å². The van der Waals surface area contributed by atoms with Crippen molar-refractivity contribution in [1.29, 1.82) is 0 Å². The van der Waals surface area contributed by atoms with Crippen LogP contribution in [0.15, 0.2) is 30.5 Å². The van der Waals surface area contributed by atoms with Gasteiger partial charge in [0.2, 0.25) is 0 Å². The van der Waals surface area contributed by atoms with Gasteiger partial charge >= 0.3 is 6.09 Å². The van der Waals surface area contributed by atoms with E-state index in [1.807, 2.05) is 4.90 Å². The Morgan fingerprint density at radius 1 is 1.07 bits per heavy atom. The summed E-state index contributed by atoms with van der Waals surface area (Å²) < 4.78 is 41.3. The molecular weight excluding hydrogens is 526 g/mol. The Morgan fingerprint density at radius 2 is 1.82 bits per heavy atom. The normalized spacial score (nSPS) is 20.0. The second-order valence-electron chi connectivity index (χ2n) is 9.94. The third-order valence-corrected chi connectivity index (χ3v) is 7.17. The molecule has 2 aromatic rings. The van der Waals surface area contributed by atoms with Crippen molar-refractivity contribution in [2.75, 3.05) is 73.7 Å². The van der Waals surface area contributed by atoms with E-state index in [9.17, 15) is 14.4 Å². The molecule has 0 aliphatic carbocycles. The summed E-state index contributed by atoms with van der Waals surface area (Å²) >= 11 is 0. The summed E-state index contributed by atoms with van der Waals surface area (Å²) in [5.74, 6) is -1.37. The number of carbonyl (C=O) groups is 3. The summed E-state index contributed by atoms with van der Waals surface area (Å²) in [7, 11) is 0. The van der Waals surface area contributed by atoms with Gasteiger partial charge in [0.1, 0.15) is 23.4 Å². The van der Waals surface area contributed by atoms with Crippen LogP contribution in [0.2, 0.25) is 0 Å². The Labute approximate surface area is 230 Å². The summed E-state index contributed by atoms with van der Waals surface area (Å²) in [5.41, 5.74) is 3.33. The van der Waals surface area contributed by atoms with Gasteiger partial charge in [-0.2, -0.15) is 0 Å². The van der Waals surface area contributed by atoms with Crippen LogP contribution in [0.3, 0.4) is 0 Å². The zero-order valence-electron chi connectivity index (χ0n) is 22.3. The zero-order valence-corrected chi connectivity index (χ0v) is 22.3. The van der Waals surface area contributed by atoms with Gasteiger partial charge in [0, 0.05) is 57.5 Å². The molecule has 1 N–H and O–H groups in total. The van der Waals surface area contributed by atoms with E-state index in [2.05, 4.69) is 10.4 Å². The number of ether oxygens (including phenoxy) is 2. The minimum Gasteiger partial charge on any atom is -0.444 e. The smallest absolute Gasteiger partial charge is 0.414 e. The van der Waals surface area contributed by atoms with Crippen LogP contribution >= 0.6 is 0 Å². The molecule has 3 aliphatic heterocycles. The largest absolute Gasteiger partial charge is 0.444 e. The van der Waals surface area contributed by atoms with Gasteiger partial charge in [0.05, 0.1) is 37.6 Å². The fourth-order valence-electron chi connectivity index (χ4n) is 5.12. The van der Waals surface area contributed by atoms with Crippen LogP contribution in [-0.4, -0.2) is 92.9 Å². The van der Waals surface area contributed by atoms with E-state index >= 15 is 8.78 Å². The van der Waals surface area contributed by atoms with E-state index < -0.39 is 23.8 Å². The number of amides is 2. The lowest BCUT2D eigenvalue weighted by Crippen LogP contribution is -2.45. The van der Waals surface area contributed by atoms with E-state index in [4.69, 9.17) is 9.47 Å². The van der Waals surface area contributed by atoms with Gasteiger partial charge in [-0.1, -0.05) is 0 Å². The maximum absolute atomic E-state index is 15.3. The highest BCUT2D eigenvalue weighted by molar-refractivity contribution is 5.98. The van der Waals surface area contributed by atoms with Crippen LogP contribution in [0.1, 0.15) is 30.1 Å². The molecule has 4 heterocycles. The highest BCUT2D eigenvalue weighted by Gasteiger charge is 2.34. The molecule has 214 valence electrons. The van der Waals surface area contributed by atoms with Crippen LogP contribution in [0.25, 0.3) is 0 Å². The van der Waals surface area contributed by atoms with Gasteiger partial charge < -0.3 is 24.1 Å². The Kier molecular flexibility index (Phi) is 8.40. The number of carbonyl (C=O) groups excluding carboxylic acids is 3. The number of hydrogen-bond acceptors (Lipinski definition) is 9. The van der Waals surface area contributed by atoms with Crippen LogP contribution in [0, 0.1) is 11.6 Å². The number of hydrazine groups is 1. The molecule has 3 saturated heterocycles. The minimum absolute atomic E-state index is 0.0267. The maximum atomic E-state index is 15.3. The molecule has 0 radical (unpaired) electrons. The first-order valence-electron chi connectivity index (χ1n) is 13.4. The van der Waals surface area contributed by atoms with Crippen LogP contribution < -0.4 is 20.1 Å². The van der Waals surface area contributed by atoms with Crippen molar-refractivity contribution in [3.63, 3.8) is 0 Å².